The van der Waals surface area contributed by atoms with Gasteiger partial charge in [-0.25, -0.2) is 4.79 Å². The van der Waals surface area contributed by atoms with Crippen molar-refractivity contribution in [1.82, 2.24) is 68.4 Å². The molecular weight excluding hydrogens is 1390 g/mol. The van der Waals surface area contributed by atoms with E-state index in [0.29, 0.717) is 22.0 Å². The van der Waals surface area contributed by atoms with Crippen LogP contribution in [-0.4, -0.2) is 248 Å². The van der Waals surface area contributed by atoms with Crippen molar-refractivity contribution >= 4 is 106 Å². The van der Waals surface area contributed by atoms with E-state index in [-0.39, 0.29) is 101 Å². The van der Waals surface area contributed by atoms with Crippen LogP contribution in [0.15, 0.2) is 64.7 Å². The molecule has 13 amide bonds. The Kier molecular flexibility index (Phi) is 35.4. The quantitative estimate of drug-likeness (QED) is 0.0142. The van der Waals surface area contributed by atoms with Crippen LogP contribution in [0.2, 0.25) is 0 Å². The number of carboxylic acids is 1. The largest absolute Gasteiger partial charge is 0.508 e. The molecule has 0 saturated carbocycles. The lowest BCUT2D eigenvalue weighted by atomic mass is 10.0. The van der Waals surface area contributed by atoms with Crippen LogP contribution in [0.5, 0.6) is 5.75 Å². The third kappa shape index (κ3) is 28.8. The number of aromatic hydroxyl groups is 1. The smallest absolute Gasteiger partial charge is 0.326 e. The van der Waals surface area contributed by atoms with E-state index in [4.69, 9.17) is 34.4 Å². The Morgan fingerprint density at radius 3 is 1.68 bits per heavy atom. The number of aromatic amines is 1. The molecule has 584 valence electrons. The van der Waals surface area contributed by atoms with Crippen molar-refractivity contribution < 1.29 is 92.7 Å². The number of aliphatic carboxylic acids is 1. The van der Waals surface area contributed by atoms with Gasteiger partial charge in [-0.05, 0) is 107 Å². The fourth-order valence-corrected chi connectivity index (χ4v) is 11.1. The molecule has 106 heavy (non-hydrogen) atoms. The number of para-hydroxylation sites is 1. The standard InChI is InChI=1S/C66H101N21O19/c1-32(2)25-44(82-61(102)52(34(4)89)85-50(93)28-67)58(99)84-47(31-88)59(100)77-33(3)54(95)86-53(35(5)90)62(103)80-43(14-9-23-74-66(71)72)63(104)87-24-10-15-48(87)60(101)81-45(26-36-16-18-38(91)19-17-36)55(96)76-30-51(94)78-41(13-8-22-73-65(69)70)56(97)79-42(20-21-49(68)92)57(98)83-46(64(105)106)27-37-29-75-40-12-7-6-11-39(37)40/h6-7,11-12,16-19,29,32-35,41-48,52-53,75,88-91H,8-10,13-15,20-28,30-31,67H2,1-5H3,(H2,68,92)(H,76,96)(H,77,100)(H,78,94)(H,79,97)(H,80,103)(H,81,101)(H,82,102)(H,83,98)(H,84,99)(H,85,93)(H,86,95)(H,105,106)(H4,69,70,73)(H4,71,72,74)/t33-,34+,35+,41-,42-,43-,44-,45-,46-,47-,48-,52-,53-/m0/s1. The average Bonchev–Trinajstić information content (AvgIpc) is 1.62. The number of carboxylic acid groups (broad SMARTS) is 1. The van der Waals surface area contributed by atoms with Crippen LogP contribution in [0.1, 0.15) is 104 Å². The molecular formula is C66H101N21O19. The van der Waals surface area contributed by atoms with Gasteiger partial charge in [0.25, 0.3) is 0 Å². The second-order valence-electron chi connectivity index (χ2n) is 25.8. The number of fused-ring (bicyclic) bond motifs is 1. The van der Waals surface area contributed by atoms with Gasteiger partial charge in [-0.1, -0.05) is 44.2 Å². The maximum Gasteiger partial charge on any atom is 0.326 e. The first-order chi connectivity index (χ1) is 50.0. The van der Waals surface area contributed by atoms with Crippen LogP contribution >= 0.6 is 0 Å². The maximum absolute atomic E-state index is 14.8. The second-order valence-corrected chi connectivity index (χ2v) is 25.8. The summed E-state index contributed by atoms with van der Waals surface area (Å²) in [4.78, 5) is 202. The number of aliphatic hydroxyl groups excluding tert-OH is 3. The van der Waals surface area contributed by atoms with Gasteiger partial charge in [0.05, 0.1) is 31.9 Å². The highest BCUT2D eigenvalue weighted by Crippen LogP contribution is 2.23. The van der Waals surface area contributed by atoms with Gasteiger partial charge in [-0.15, -0.1) is 0 Å². The zero-order valence-corrected chi connectivity index (χ0v) is 59.6. The van der Waals surface area contributed by atoms with Crippen molar-refractivity contribution in [3.05, 3.63) is 65.9 Å². The first-order valence-corrected chi connectivity index (χ1v) is 34.3. The van der Waals surface area contributed by atoms with Gasteiger partial charge in [0.1, 0.15) is 72.2 Å². The minimum Gasteiger partial charge on any atom is -0.508 e. The number of nitrogens with two attached hydrogens (primary N) is 6. The van der Waals surface area contributed by atoms with E-state index in [9.17, 15) is 92.7 Å². The topological polar surface area (TPSA) is 672 Å². The molecule has 1 aromatic heterocycles. The summed E-state index contributed by atoms with van der Waals surface area (Å²) in [5, 5.41) is 78.8. The number of carbonyl (C=O) groups excluding carboxylic acids is 13. The predicted molar refractivity (Wildman–Crippen MR) is 381 cm³/mol. The van der Waals surface area contributed by atoms with Gasteiger partial charge in [0, 0.05) is 56.0 Å². The highest BCUT2D eigenvalue weighted by molar-refractivity contribution is 6.00. The summed E-state index contributed by atoms with van der Waals surface area (Å²) < 4.78 is 0. The number of rotatable bonds is 44. The van der Waals surface area contributed by atoms with E-state index < -0.39 is 194 Å². The molecule has 0 radical (unpaired) electrons. The molecule has 40 heteroatoms. The number of phenols is 1. The molecule has 1 fully saturated rings. The number of aromatic nitrogens is 1. The third-order valence-electron chi connectivity index (χ3n) is 16.7. The Morgan fingerprint density at radius 1 is 0.575 bits per heavy atom. The molecule has 13 atom stereocenters. The lowest BCUT2D eigenvalue weighted by molar-refractivity contribution is -0.143. The van der Waals surface area contributed by atoms with Gasteiger partial charge in [0.15, 0.2) is 11.9 Å². The summed E-state index contributed by atoms with van der Waals surface area (Å²) in [5.74, 6) is -15.0. The van der Waals surface area contributed by atoms with Crippen molar-refractivity contribution in [2.24, 2.45) is 50.3 Å². The summed E-state index contributed by atoms with van der Waals surface area (Å²) in [7, 11) is 0. The highest BCUT2D eigenvalue weighted by Gasteiger charge is 2.41. The lowest BCUT2D eigenvalue weighted by Gasteiger charge is -2.31. The van der Waals surface area contributed by atoms with Crippen LogP contribution in [0.25, 0.3) is 10.9 Å². The molecule has 0 unspecified atom stereocenters. The summed E-state index contributed by atoms with van der Waals surface area (Å²) in [5.41, 5.74) is 34.5. The number of aliphatic hydroxyl groups is 3. The lowest BCUT2D eigenvalue weighted by Crippen LogP contribution is -2.62. The molecule has 2 aromatic carbocycles. The number of nitrogens with zero attached hydrogens (tertiary/aromatic N) is 3. The Hall–Kier alpha value is -11.3. The van der Waals surface area contributed by atoms with Crippen LogP contribution in [0, 0.1) is 5.92 Å². The number of carbonyl (C=O) groups is 14. The molecule has 1 aliphatic heterocycles. The van der Waals surface area contributed by atoms with Crippen LogP contribution in [-0.2, 0) is 80.0 Å². The molecule has 3 aromatic rings. The number of likely N-dealkylation sites (tertiary alicyclic amines) is 1. The minimum absolute atomic E-state index is 0.0117. The first kappa shape index (κ1) is 87.1. The highest BCUT2D eigenvalue weighted by atomic mass is 16.4. The summed E-state index contributed by atoms with van der Waals surface area (Å²) in [6, 6.07) is -4.51. The molecule has 1 saturated heterocycles. The molecule has 0 spiro atoms. The number of H-pyrrole nitrogens is 1. The number of hydrogen-bond donors (Lipinski definition) is 23. The van der Waals surface area contributed by atoms with E-state index in [0.717, 1.165) is 18.7 Å². The van der Waals surface area contributed by atoms with E-state index in [1.165, 1.54) is 31.2 Å². The second kappa shape index (κ2) is 43.1. The van der Waals surface area contributed by atoms with Crippen molar-refractivity contribution in [1.29, 1.82) is 0 Å². The number of benzene rings is 2. The van der Waals surface area contributed by atoms with Crippen LogP contribution in [0.3, 0.4) is 0 Å². The number of phenolic OH excluding ortho intramolecular Hbond substituents is 1. The molecule has 0 aliphatic carbocycles. The number of primary amides is 1. The molecule has 1 aliphatic rings. The molecule has 2 heterocycles. The van der Waals surface area contributed by atoms with Gasteiger partial charge in [-0.2, -0.15) is 0 Å². The predicted octanol–water partition coefficient (Wildman–Crippen LogP) is -8.15. The number of amides is 13. The summed E-state index contributed by atoms with van der Waals surface area (Å²) in [6.07, 6.45) is -2.99. The van der Waals surface area contributed by atoms with E-state index >= 15 is 0 Å². The maximum atomic E-state index is 14.8. The van der Waals surface area contributed by atoms with Crippen molar-refractivity contribution in [2.45, 2.75) is 184 Å². The summed E-state index contributed by atoms with van der Waals surface area (Å²) >= 11 is 0. The van der Waals surface area contributed by atoms with Crippen LogP contribution in [0.4, 0.5) is 0 Å². The van der Waals surface area contributed by atoms with Crippen LogP contribution < -0.4 is 92.9 Å². The first-order valence-electron chi connectivity index (χ1n) is 34.3. The Morgan fingerprint density at radius 2 is 1.11 bits per heavy atom. The van der Waals surface area contributed by atoms with Gasteiger partial charge < -0.3 is 128 Å². The van der Waals surface area contributed by atoms with Gasteiger partial charge >= 0.3 is 5.97 Å². The van der Waals surface area contributed by atoms with Gasteiger partial charge in [-0.3, -0.25) is 72.3 Å². The molecule has 4 rings (SSSR count). The fraction of sp³-hybridized carbons (Fsp3) is 0.545. The van der Waals surface area contributed by atoms with Crippen molar-refractivity contribution in [3.8, 4) is 5.75 Å². The van der Waals surface area contributed by atoms with E-state index in [1.807, 2.05) is 0 Å². The van der Waals surface area contributed by atoms with E-state index in [2.05, 4.69) is 73.5 Å². The number of nitrogens with one attached hydrogen (secondary N) is 12. The number of hydrogen-bond acceptors (Lipinski definition) is 21. The molecule has 29 N–H and O–H groups in total. The zero-order valence-electron chi connectivity index (χ0n) is 59.6. The van der Waals surface area contributed by atoms with E-state index in [1.54, 1.807) is 44.3 Å². The normalized spacial score (nSPS) is 15.9. The third-order valence-corrected chi connectivity index (χ3v) is 16.7. The van der Waals surface area contributed by atoms with Crippen molar-refractivity contribution in [2.75, 3.05) is 39.3 Å². The van der Waals surface area contributed by atoms with Crippen molar-refractivity contribution in [3.63, 3.8) is 0 Å². The zero-order chi connectivity index (χ0) is 79.1. The molecule has 0 bridgehead atoms. The Bertz CT molecular complexity index is 3620. The Labute approximate surface area is 609 Å². The monoisotopic (exact) mass is 1490 g/mol. The summed E-state index contributed by atoms with van der Waals surface area (Å²) in [6.45, 7) is 4.32. The number of aliphatic imine (C=N–C) groups is 2. The Balaban J connectivity index is 1.52. The number of guanidine groups is 2. The SMILES string of the molecule is CC(C)C[C@H](NC(=O)[C@@H](NC(=O)CN)[C@@H](C)O)C(=O)N[C@@H](CO)C(=O)N[C@@H](C)C(=O)N[C@H](C(=O)N[C@@H](CCCN=C(N)N)C(=O)N1CCC[C@H]1C(=O)N[C@@H](Cc1ccc(O)cc1)C(=O)NCC(=O)N[C@@H](CCCN=C(N)N)C(=O)N[C@@H](CCC(N)=O)C(=O)N[C@@H](Cc1c[nH]c2ccccc12)C(=O)O)[C@@H](C)O. The fourth-order valence-electron chi connectivity index (χ4n) is 11.1. The molecule has 40 nitrogen and oxygen atoms in total. The van der Waals surface area contributed by atoms with Gasteiger partial charge in [0.2, 0.25) is 76.8 Å². The average molecular weight is 1490 g/mol. The minimum atomic E-state index is -1.85.